The van der Waals surface area contributed by atoms with Gasteiger partial charge in [-0.3, -0.25) is 0 Å². The van der Waals surface area contributed by atoms with E-state index in [0.29, 0.717) is 11.1 Å². The lowest BCUT2D eigenvalue weighted by atomic mass is 10.1. The molecule has 1 aliphatic carbocycles. The fourth-order valence-electron chi connectivity index (χ4n) is 2.58. The van der Waals surface area contributed by atoms with Crippen molar-refractivity contribution in [1.29, 1.82) is 0 Å². The van der Waals surface area contributed by atoms with Crippen LogP contribution in [0.1, 0.15) is 37.1 Å². The highest BCUT2D eigenvalue weighted by atomic mass is 35.5. The van der Waals surface area contributed by atoms with Crippen molar-refractivity contribution in [2.45, 2.75) is 32.2 Å². The van der Waals surface area contributed by atoms with Gasteiger partial charge in [-0.2, -0.15) is 0 Å². The van der Waals surface area contributed by atoms with E-state index >= 15 is 0 Å². The van der Waals surface area contributed by atoms with Crippen LogP contribution >= 0.6 is 34.5 Å². The molecule has 0 radical (unpaired) electrons. The predicted octanol–water partition coefficient (Wildman–Crippen LogP) is 6.17. The highest BCUT2D eigenvalue weighted by molar-refractivity contribution is 7.15. The summed E-state index contributed by atoms with van der Waals surface area (Å²) in [4.78, 5) is 2.64. The molecule has 4 heteroatoms. The number of hydrogen-bond donors (Lipinski definition) is 1. The summed E-state index contributed by atoms with van der Waals surface area (Å²) in [7, 11) is 0. The van der Waals surface area contributed by atoms with Gasteiger partial charge in [-0.25, -0.2) is 0 Å². The molecule has 1 aromatic carbocycles. The quantitative estimate of drug-likeness (QED) is 0.663. The van der Waals surface area contributed by atoms with Gasteiger partial charge >= 0.3 is 0 Å². The minimum Gasteiger partial charge on any atom is -0.309 e. The highest BCUT2D eigenvalue weighted by Crippen LogP contribution is 2.45. The smallest absolute Gasteiger partial charge is 0.0507 e. The molecule has 1 unspecified atom stereocenters. The molecule has 1 aromatic heterocycles. The molecule has 1 N–H and O–H groups in total. The van der Waals surface area contributed by atoms with Gasteiger partial charge in [-0.1, -0.05) is 36.2 Å². The van der Waals surface area contributed by atoms with E-state index in [2.05, 4.69) is 24.4 Å². The maximum absolute atomic E-state index is 6.32. The van der Waals surface area contributed by atoms with Gasteiger partial charge in [0.05, 0.1) is 5.02 Å². The molecule has 21 heavy (non-hydrogen) atoms. The number of nitrogens with one attached hydrogen (secondary N) is 1. The van der Waals surface area contributed by atoms with Crippen molar-refractivity contribution in [3.05, 3.63) is 45.3 Å². The van der Waals surface area contributed by atoms with Gasteiger partial charge in [0, 0.05) is 26.4 Å². The third-order valence-corrected chi connectivity index (χ3v) is 5.59. The Hall–Kier alpha value is -0.540. The molecule has 3 rings (SSSR count). The Kier molecular flexibility index (Phi) is 4.90. The van der Waals surface area contributed by atoms with Crippen LogP contribution in [0.15, 0.2) is 30.3 Å². The van der Waals surface area contributed by atoms with Crippen LogP contribution in [-0.4, -0.2) is 6.54 Å². The summed E-state index contributed by atoms with van der Waals surface area (Å²) in [5.41, 5.74) is 1.07. The van der Waals surface area contributed by atoms with E-state index < -0.39 is 0 Å². The van der Waals surface area contributed by atoms with E-state index in [1.807, 2.05) is 29.5 Å². The SMILES string of the molecule is CCCNC(c1ccc(-c2ccc(Cl)cc2Cl)s1)C1CC1. The second-order valence-electron chi connectivity index (χ2n) is 5.60. The van der Waals surface area contributed by atoms with E-state index in [4.69, 9.17) is 23.2 Å². The summed E-state index contributed by atoms with van der Waals surface area (Å²) >= 11 is 14.1. The van der Waals surface area contributed by atoms with Crippen molar-refractivity contribution in [3.8, 4) is 10.4 Å². The Labute approximate surface area is 140 Å². The minimum absolute atomic E-state index is 0.509. The van der Waals surface area contributed by atoms with E-state index in [1.165, 1.54) is 29.0 Å². The predicted molar refractivity (Wildman–Crippen MR) is 93.5 cm³/mol. The normalized spacial score (nSPS) is 16.1. The van der Waals surface area contributed by atoms with Gasteiger partial charge < -0.3 is 5.32 Å². The maximum atomic E-state index is 6.32. The average molecular weight is 340 g/mol. The first-order chi connectivity index (χ1) is 10.2. The molecular formula is C17H19Cl2NS. The third kappa shape index (κ3) is 3.62. The van der Waals surface area contributed by atoms with E-state index in [-0.39, 0.29) is 0 Å². The van der Waals surface area contributed by atoms with Crippen molar-refractivity contribution in [2.24, 2.45) is 5.92 Å². The van der Waals surface area contributed by atoms with Crippen molar-refractivity contribution >= 4 is 34.5 Å². The Balaban J connectivity index is 1.84. The molecule has 1 nitrogen and oxygen atoms in total. The van der Waals surface area contributed by atoms with Crippen LogP contribution in [0.4, 0.5) is 0 Å². The van der Waals surface area contributed by atoms with Gasteiger partial charge in [0.15, 0.2) is 0 Å². The lowest BCUT2D eigenvalue weighted by Gasteiger charge is -2.16. The van der Waals surface area contributed by atoms with Crippen molar-refractivity contribution < 1.29 is 0 Å². The van der Waals surface area contributed by atoms with E-state index in [0.717, 1.165) is 23.0 Å². The average Bonchev–Trinajstić information content (AvgIpc) is 3.18. The number of benzene rings is 1. The first-order valence-electron chi connectivity index (χ1n) is 7.47. The van der Waals surface area contributed by atoms with Crippen LogP contribution in [-0.2, 0) is 0 Å². The standard InChI is InChI=1S/C17H19Cl2NS/c1-2-9-20-17(11-3-4-11)16-8-7-15(21-16)13-6-5-12(18)10-14(13)19/h5-8,10-11,17,20H,2-4,9H2,1H3. The molecule has 0 aliphatic heterocycles. The second-order valence-corrected chi connectivity index (χ2v) is 7.55. The molecule has 1 atom stereocenters. The van der Waals surface area contributed by atoms with E-state index in [9.17, 15) is 0 Å². The lowest BCUT2D eigenvalue weighted by molar-refractivity contribution is 0.488. The zero-order valence-electron chi connectivity index (χ0n) is 12.0. The van der Waals surface area contributed by atoms with Crippen LogP contribution in [0.25, 0.3) is 10.4 Å². The summed E-state index contributed by atoms with van der Waals surface area (Å²) in [5, 5.41) is 5.10. The number of thiophene rings is 1. The highest BCUT2D eigenvalue weighted by Gasteiger charge is 2.32. The molecule has 0 saturated heterocycles. The minimum atomic E-state index is 0.509. The fourth-order valence-corrected chi connectivity index (χ4v) is 4.37. The lowest BCUT2D eigenvalue weighted by Crippen LogP contribution is -2.22. The molecule has 1 saturated carbocycles. The molecule has 0 bridgehead atoms. The summed E-state index contributed by atoms with van der Waals surface area (Å²) in [6.07, 6.45) is 3.86. The van der Waals surface area contributed by atoms with Gasteiger partial charge in [0.1, 0.15) is 0 Å². The molecule has 1 aliphatic rings. The first-order valence-corrected chi connectivity index (χ1v) is 9.05. The molecule has 1 fully saturated rings. The summed E-state index contributed by atoms with van der Waals surface area (Å²) in [6, 6.07) is 10.6. The van der Waals surface area contributed by atoms with Crippen molar-refractivity contribution in [1.82, 2.24) is 5.32 Å². The van der Waals surface area contributed by atoms with E-state index in [1.54, 1.807) is 0 Å². The first kappa shape index (κ1) is 15.4. The molecular weight excluding hydrogens is 321 g/mol. The zero-order chi connectivity index (χ0) is 14.8. The third-order valence-electron chi connectivity index (χ3n) is 3.84. The maximum Gasteiger partial charge on any atom is 0.0507 e. The summed E-state index contributed by atoms with van der Waals surface area (Å²) in [6.45, 7) is 3.29. The monoisotopic (exact) mass is 339 g/mol. The van der Waals surface area contributed by atoms with Crippen LogP contribution < -0.4 is 5.32 Å². The van der Waals surface area contributed by atoms with Crippen LogP contribution in [0.2, 0.25) is 10.0 Å². The molecule has 0 amide bonds. The Bertz CT molecular complexity index is 619. The Morgan fingerprint density at radius 3 is 2.71 bits per heavy atom. The topological polar surface area (TPSA) is 12.0 Å². The van der Waals surface area contributed by atoms with Crippen LogP contribution in [0.3, 0.4) is 0 Å². The number of halogens is 2. The van der Waals surface area contributed by atoms with Crippen molar-refractivity contribution in [2.75, 3.05) is 6.54 Å². The number of hydrogen-bond acceptors (Lipinski definition) is 2. The zero-order valence-corrected chi connectivity index (χ0v) is 14.4. The van der Waals surface area contributed by atoms with Gasteiger partial charge in [-0.05, 0) is 56.0 Å². The fraction of sp³-hybridized carbons (Fsp3) is 0.412. The van der Waals surface area contributed by atoms with Gasteiger partial charge in [-0.15, -0.1) is 11.3 Å². The number of rotatable bonds is 6. The van der Waals surface area contributed by atoms with Crippen molar-refractivity contribution in [3.63, 3.8) is 0 Å². The largest absolute Gasteiger partial charge is 0.309 e. The van der Waals surface area contributed by atoms with Gasteiger partial charge in [0.25, 0.3) is 0 Å². The second kappa shape index (κ2) is 6.70. The Morgan fingerprint density at radius 2 is 2.05 bits per heavy atom. The van der Waals surface area contributed by atoms with Crippen LogP contribution in [0, 0.1) is 5.92 Å². The molecule has 1 heterocycles. The van der Waals surface area contributed by atoms with Gasteiger partial charge in [0.2, 0.25) is 0 Å². The molecule has 112 valence electrons. The molecule has 2 aromatic rings. The summed E-state index contributed by atoms with van der Waals surface area (Å²) < 4.78 is 0. The van der Waals surface area contributed by atoms with Crippen LogP contribution in [0.5, 0.6) is 0 Å². The Morgan fingerprint density at radius 1 is 1.24 bits per heavy atom. The molecule has 0 spiro atoms. The summed E-state index contributed by atoms with van der Waals surface area (Å²) in [5.74, 6) is 0.809.